The summed E-state index contributed by atoms with van der Waals surface area (Å²) in [5.74, 6) is -0.642. The third-order valence-corrected chi connectivity index (χ3v) is 5.73. The summed E-state index contributed by atoms with van der Waals surface area (Å²) in [6, 6.07) is 18.5. The molecule has 1 aliphatic rings. The Hall–Kier alpha value is -3.29. The fourth-order valence-corrected chi connectivity index (χ4v) is 3.82. The number of halogens is 2. The zero-order valence-corrected chi connectivity index (χ0v) is 18.9. The van der Waals surface area contributed by atoms with Crippen LogP contribution < -0.4 is 10.1 Å². The monoisotopic (exact) mass is 466 g/mol. The van der Waals surface area contributed by atoms with Crippen LogP contribution >= 0.6 is 0 Å². The van der Waals surface area contributed by atoms with Crippen molar-refractivity contribution in [3.05, 3.63) is 89.5 Å². The van der Waals surface area contributed by atoms with E-state index in [4.69, 9.17) is 9.47 Å². The first-order chi connectivity index (χ1) is 16.6. The number of hydrogen-bond donors (Lipinski definition) is 1. The summed E-state index contributed by atoms with van der Waals surface area (Å²) in [6.07, 6.45) is 0.208. The highest BCUT2D eigenvalue weighted by molar-refractivity contribution is 5.78. The van der Waals surface area contributed by atoms with Gasteiger partial charge in [-0.05, 0) is 46.5 Å². The summed E-state index contributed by atoms with van der Waals surface area (Å²) in [5.41, 5.74) is 3.13. The Morgan fingerprint density at radius 1 is 0.941 bits per heavy atom. The molecule has 1 heterocycles. The SMILES string of the molecule is O=C(Cc1ccc(-c2ccc(OCCN3CCOCC3)c(F)c2)cc1)NCc1cccc(F)c1. The van der Waals surface area contributed by atoms with E-state index in [1.54, 1.807) is 18.2 Å². The van der Waals surface area contributed by atoms with Crippen LogP contribution in [0.1, 0.15) is 11.1 Å². The molecule has 7 heteroatoms. The van der Waals surface area contributed by atoms with Crippen molar-refractivity contribution in [1.82, 2.24) is 10.2 Å². The summed E-state index contributed by atoms with van der Waals surface area (Å²) in [4.78, 5) is 14.5. The number of hydrogen-bond acceptors (Lipinski definition) is 4. The van der Waals surface area contributed by atoms with Gasteiger partial charge in [0, 0.05) is 26.2 Å². The molecule has 0 bridgehead atoms. The molecule has 0 saturated carbocycles. The summed E-state index contributed by atoms with van der Waals surface area (Å²) in [7, 11) is 0. The lowest BCUT2D eigenvalue weighted by molar-refractivity contribution is -0.120. The van der Waals surface area contributed by atoms with E-state index in [1.807, 2.05) is 30.3 Å². The van der Waals surface area contributed by atoms with Gasteiger partial charge in [-0.3, -0.25) is 9.69 Å². The number of amides is 1. The van der Waals surface area contributed by atoms with Gasteiger partial charge < -0.3 is 14.8 Å². The van der Waals surface area contributed by atoms with Crippen LogP contribution in [0.3, 0.4) is 0 Å². The zero-order chi connectivity index (χ0) is 23.8. The molecule has 0 aromatic heterocycles. The molecule has 5 nitrogen and oxygen atoms in total. The van der Waals surface area contributed by atoms with Crippen molar-refractivity contribution in [2.75, 3.05) is 39.5 Å². The fourth-order valence-electron chi connectivity index (χ4n) is 3.82. The Bertz CT molecular complexity index is 1100. The van der Waals surface area contributed by atoms with Gasteiger partial charge >= 0.3 is 0 Å². The van der Waals surface area contributed by atoms with Crippen molar-refractivity contribution in [1.29, 1.82) is 0 Å². The lowest BCUT2D eigenvalue weighted by Gasteiger charge is -2.26. The summed E-state index contributed by atoms with van der Waals surface area (Å²) >= 11 is 0. The Kier molecular flexibility index (Phi) is 8.22. The number of nitrogens with one attached hydrogen (secondary N) is 1. The third-order valence-electron chi connectivity index (χ3n) is 5.73. The average Bonchev–Trinajstić information content (AvgIpc) is 2.85. The van der Waals surface area contributed by atoms with Crippen LogP contribution in [0.5, 0.6) is 5.75 Å². The van der Waals surface area contributed by atoms with Crippen LogP contribution in [-0.2, 0) is 22.5 Å². The van der Waals surface area contributed by atoms with Crippen LogP contribution in [-0.4, -0.2) is 50.3 Å². The number of ether oxygens (including phenoxy) is 2. The van der Waals surface area contributed by atoms with E-state index in [2.05, 4.69) is 10.2 Å². The maximum absolute atomic E-state index is 14.6. The molecule has 0 unspecified atom stereocenters. The van der Waals surface area contributed by atoms with Gasteiger partial charge in [-0.25, -0.2) is 8.78 Å². The molecule has 4 rings (SSSR count). The van der Waals surface area contributed by atoms with Crippen LogP contribution in [0.4, 0.5) is 8.78 Å². The molecule has 0 spiro atoms. The second kappa shape index (κ2) is 11.7. The van der Waals surface area contributed by atoms with Gasteiger partial charge in [-0.1, -0.05) is 42.5 Å². The van der Waals surface area contributed by atoms with Crippen molar-refractivity contribution < 1.29 is 23.0 Å². The van der Waals surface area contributed by atoms with Crippen LogP contribution in [0.25, 0.3) is 11.1 Å². The van der Waals surface area contributed by atoms with E-state index >= 15 is 0 Å². The molecule has 1 saturated heterocycles. The highest BCUT2D eigenvalue weighted by atomic mass is 19.1. The van der Waals surface area contributed by atoms with Gasteiger partial charge in [0.05, 0.1) is 19.6 Å². The van der Waals surface area contributed by atoms with Gasteiger partial charge in [-0.15, -0.1) is 0 Å². The maximum Gasteiger partial charge on any atom is 0.224 e. The highest BCUT2D eigenvalue weighted by Gasteiger charge is 2.12. The van der Waals surface area contributed by atoms with E-state index in [9.17, 15) is 13.6 Å². The van der Waals surface area contributed by atoms with Crippen LogP contribution in [0.15, 0.2) is 66.7 Å². The van der Waals surface area contributed by atoms with E-state index in [1.165, 1.54) is 18.2 Å². The maximum atomic E-state index is 14.6. The number of carbonyl (C=O) groups is 1. The largest absolute Gasteiger partial charge is 0.489 e. The number of nitrogens with zero attached hydrogens (tertiary/aromatic N) is 1. The Morgan fingerprint density at radius 2 is 1.71 bits per heavy atom. The summed E-state index contributed by atoms with van der Waals surface area (Å²) in [5, 5.41) is 2.79. The van der Waals surface area contributed by atoms with Crippen LogP contribution in [0, 0.1) is 11.6 Å². The fraction of sp³-hybridized carbons (Fsp3) is 0.296. The Labute approximate surface area is 198 Å². The Morgan fingerprint density at radius 3 is 2.44 bits per heavy atom. The standard InChI is InChI=1S/C27H28F2N2O3/c28-24-3-1-2-21(16-24)19-30-27(32)17-20-4-6-22(7-5-20)23-8-9-26(25(29)18-23)34-15-12-31-10-13-33-14-11-31/h1-9,16,18H,10-15,17,19H2,(H,30,32). The quantitative estimate of drug-likeness (QED) is 0.514. The van der Waals surface area contributed by atoms with Gasteiger partial charge in [0.2, 0.25) is 5.91 Å². The first kappa shape index (κ1) is 23.9. The van der Waals surface area contributed by atoms with Crippen molar-refractivity contribution in [2.45, 2.75) is 13.0 Å². The van der Waals surface area contributed by atoms with Crippen LogP contribution in [0.2, 0.25) is 0 Å². The first-order valence-corrected chi connectivity index (χ1v) is 11.4. The number of benzene rings is 3. The average molecular weight is 467 g/mol. The minimum atomic E-state index is -0.403. The van der Waals surface area contributed by atoms with Crippen molar-refractivity contribution in [3.8, 4) is 16.9 Å². The Balaban J connectivity index is 1.27. The second-order valence-electron chi connectivity index (χ2n) is 8.23. The van der Waals surface area contributed by atoms with Crippen molar-refractivity contribution in [3.63, 3.8) is 0 Å². The molecular weight excluding hydrogens is 438 g/mol. The molecule has 1 amide bonds. The predicted molar refractivity (Wildman–Crippen MR) is 127 cm³/mol. The lowest BCUT2D eigenvalue weighted by Crippen LogP contribution is -2.38. The zero-order valence-electron chi connectivity index (χ0n) is 18.9. The van der Waals surface area contributed by atoms with E-state index in [0.717, 1.165) is 49.5 Å². The van der Waals surface area contributed by atoms with Gasteiger partial charge in [-0.2, -0.15) is 0 Å². The van der Waals surface area contributed by atoms with Crippen molar-refractivity contribution in [2.24, 2.45) is 0 Å². The molecule has 3 aromatic carbocycles. The highest BCUT2D eigenvalue weighted by Crippen LogP contribution is 2.26. The third kappa shape index (κ3) is 6.85. The summed E-state index contributed by atoms with van der Waals surface area (Å²) in [6.45, 7) is 4.62. The minimum absolute atomic E-state index is 0.151. The minimum Gasteiger partial charge on any atom is -0.489 e. The van der Waals surface area contributed by atoms with Gasteiger partial charge in [0.1, 0.15) is 12.4 Å². The molecule has 0 atom stereocenters. The molecule has 34 heavy (non-hydrogen) atoms. The van der Waals surface area contributed by atoms with Gasteiger partial charge in [0.25, 0.3) is 0 Å². The summed E-state index contributed by atoms with van der Waals surface area (Å²) < 4.78 is 38.8. The van der Waals surface area contributed by atoms with E-state index < -0.39 is 5.82 Å². The number of carbonyl (C=O) groups excluding carboxylic acids is 1. The van der Waals surface area contributed by atoms with Crippen molar-refractivity contribution >= 4 is 5.91 Å². The number of morpholine rings is 1. The first-order valence-electron chi connectivity index (χ1n) is 11.4. The van der Waals surface area contributed by atoms with Gasteiger partial charge in [0.15, 0.2) is 11.6 Å². The number of rotatable bonds is 9. The smallest absolute Gasteiger partial charge is 0.224 e. The molecule has 1 fully saturated rings. The molecular formula is C27H28F2N2O3. The molecule has 0 radical (unpaired) electrons. The molecule has 1 N–H and O–H groups in total. The van der Waals surface area contributed by atoms with E-state index in [-0.39, 0.29) is 30.4 Å². The predicted octanol–water partition coefficient (Wildman–Crippen LogP) is 4.20. The topological polar surface area (TPSA) is 50.8 Å². The normalized spacial score (nSPS) is 14.1. The van der Waals surface area contributed by atoms with E-state index in [0.29, 0.717) is 12.2 Å². The molecule has 0 aliphatic carbocycles. The second-order valence-corrected chi connectivity index (χ2v) is 8.23. The molecule has 3 aromatic rings. The molecule has 1 aliphatic heterocycles. The molecule has 178 valence electrons. The lowest BCUT2D eigenvalue weighted by atomic mass is 10.0.